The molecular weight excluding hydrogens is 891 g/mol. The maximum Gasteiger partial charge on any atom is 0.165 e. The van der Waals surface area contributed by atoms with Crippen LogP contribution in [-0.2, 0) is 5.41 Å². The van der Waals surface area contributed by atoms with Crippen molar-refractivity contribution in [3.63, 3.8) is 0 Å². The van der Waals surface area contributed by atoms with Crippen LogP contribution in [0.1, 0.15) is 22.3 Å². The van der Waals surface area contributed by atoms with Crippen LogP contribution in [0.25, 0.3) is 130 Å². The molecule has 0 saturated heterocycles. The second-order valence-corrected chi connectivity index (χ2v) is 20.6. The van der Waals surface area contributed by atoms with Crippen LogP contribution in [0.4, 0.5) is 0 Å². The van der Waals surface area contributed by atoms with E-state index in [4.69, 9.17) is 19.4 Å². The summed E-state index contributed by atoms with van der Waals surface area (Å²) in [4.78, 5) is 16.3. The van der Waals surface area contributed by atoms with Crippen LogP contribution < -0.4 is 0 Å². The molecule has 0 N–H and O–H groups in total. The summed E-state index contributed by atoms with van der Waals surface area (Å²) < 4.78 is 11.6. The Morgan fingerprint density at radius 2 is 0.814 bits per heavy atom. The van der Waals surface area contributed by atoms with Gasteiger partial charge < -0.3 is 4.42 Å². The molecule has 14 aromatic rings. The van der Waals surface area contributed by atoms with Gasteiger partial charge in [0.1, 0.15) is 11.2 Å². The molecule has 4 nitrogen and oxygen atoms in total. The van der Waals surface area contributed by atoms with Crippen LogP contribution in [0.15, 0.2) is 217 Å². The fourth-order valence-electron chi connectivity index (χ4n) is 12.1. The Morgan fingerprint density at radius 1 is 0.314 bits per heavy atom. The molecule has 70 heavy (non-hydrogen) atoms. The fourth-order valence-corrected chi connectivity index (χ4v) is 14.4. The summed E-state index contributed by atoms with van der Waals surface area (Å²) in [6.07, 6.45) is 0. The second kappa shape index (κ2) is 14.2. The van der Waals surface area contributed by atoms with Gasteiger partial charge in [-0.15, -0.1) is 22.7 Å². The molecule has 0 bridgehead atoms. The van der Waals surface area contributed by atoms with E-state index >= 15 is 0 Å². The van der Waals surface area contributed by atoms with Gasteiger partial charge in [0.15, 0.2) is 17.5 Å². The van der Waals surface area contributed by atoms with Gasteiger partial charge in [-0.25, -0.2) is 15.0 Å². The van der Waals surface area contributed by atoms with E-state index in [9.17, 15) is 0 Å². The summed E-state index contributed by atoms with van der Waals surface area (Å²) in [6.45, 7) is 0. The summed E-state index contributed by atoms with van der Waals surface area (Å²) in [5.74, 6) is 1.88. The predicted molar refractivity (Wildman–Crippen MR) is 291 cm³/mol. The number of hydrogen-bond acceptors (Lipinski definition) is 6. The van der Waals surface area contributed by atoms with Crippen LogP contribution in [0.5, 0.6) is 0 Å². The Morgan fingerprint density at radius 3 is 1.54 bits per heavy atom. The third-order valence-corrected chi connectivity index (χ3v) is 17.3. The van der Waals surface area contributed by atoms with Crippen molar-refractivity contribution < 1.29 is 4.42 Å². The van der Waals surface area contributed by atoms with Crippen LogP contribution >= 0.6 is 22.7 Å². The molecule has 16 rings (SSSR count). The molecule has 6 heteroatoms. The highest BCUT2D eigenvalue weighted by atomic mass is 32.1. The molecule has 10 aromatic carbocycles. The first-order valence-corrected chi connectivity index (χ1v) is 25.3. The number of thiophene rings is 2. The van der Waals surface area contributed by atoms with E-state index in [0.29, 0.717) is 17.5 Å². The predicted octanol–water partition coefficient (Wildman–Crippen LogP) is 17.5. The van der Waals surface area contributed by atoms with Gasteiger partial charge >= 0.3 is 0 Å². The molecular formula is C64H35N3OS2. The highest BCUT2D eigenvalue weighted by Crippen LogP contribution is 2.63. The van der Waals surface area contributed by atoms with Crippen molar-refractivity contribution in [3.05, 3.63) is 235 Å². The van der Waals surface area contributed by atoms with Gasteiger partial charge in [-0.2, -0.15) is 0 Å². The normalized spacial score (nSPS) is 13.3. The lowest BCUT2D eigenvalue weighted by Gasteiger charge is -2.30. The van der Waals surface area contributed by atoms with Crippen LogP contribution in [0, 0.1) is 0 Å². The number of nitrogens with zero attached hydrogens (tertiary/aromatic N) is 3. The van der Waals surface area contributed by atoms with Crippen molar-refractivity contribution in [2.24, 2.45) is 0 Å². The third-order valence-electron chi connectivity index (χ3n) is 15.0. The van der Waals surface area contributed by atoms with E-state index in [1.807, 2.05) is 0 Å². The van der Waals surface area contributed by atoms with E-state index in [0.717, 1.165) is 59.8 Å². The van der Waals surface area contributed by atoms with Crippen molar-refractivity contribution in [1.82, 2.24) is 15.0 Å². The van der Waals surface area contributed by atoms with E-state index in [1.165, 1.54) is 74.8 Å². The Kier molecular flexibility index (Phi) is 7.82. The maximum absolute atomic E-state index is 6.72. The molecule has 324 valence electrons. The van der Waals surface area contributed by atoms with Crippen molar-refractivity contribution in [2.75, 3.05) is 0 Å². The molecule has 4 heterocycles. The number of benzene rings is 10. The monoisotopic (exact) mass is 925 g/mol. The van der Waals surface area contributed by atoms with Gasteiger partial charge in [0.05, 0.1) is 5.41 Å². The summed E-state index contributed by atoms with van der Waals surface area (Å²) >= 11 is 3.59. The number of aromatic nitrogens is 3. The zero-order chi connectivity index (χ0) is 45.7. The van der Waals surface area contributed by atoms with Gasteiger partial charge in [-0.3, -0.25) is 0 Å². The van der Waals surface area contributed by atoms with Crippen molar-refractivity contribution in [3.8, 4) is 67.5 Å². The Hall–Kier alpha value is -8.55. The van der Waals surface area contributed by atoms with Gasteiger partial charge in [-0.05, 0) is 104 Å². The van der Waals surface area contributed by atoms with Gasteiger partial charge in [0, 0.05) is 67.8 Å². The molecule has 0 saturated carbocycles. The van der Waals surface area contributed by atoms with Crippen molar-refractivity contribution in [1.29, 1.82) is 0 Å². The first-order chi connectivity index (χ1) is 34.7. The van der Waals surface area contributed by atoms with Crippen LogP contribution in [0.3, 0.4) is 0 Å². The van der Waals surface area contributed by atoms with Crippen LogP contribution in [-0.4, -0.2) is 15.0 Å². The van der Waals surface area contributed by atoms with E-state index in [2.05, 4.69) is 212 Å². The molecule has 2 aliphatic carbocycles. The number of fused-ring (bicyclic) bond motifs is 19. The summed E-state index contributed by atoms with van der Waals surface area (Å²) in [5, 5.41) is 6.79. The smallest absolute Gasteiger partial charge is 0.165 e. The summed E-state index contributed by atoms with van der Waals surface area (Å²) in [6, 6.07) is 77.2. The Bertz CT molecular complexity index is 4510. The molecule has 1 spiro atoms. The molecule has 0 unspecified atom stereocenters. The standard InChI is InChI=1S/C64H35N3OS2/c1-6-23-49-38(14-1)39-15-2-7-24-50(39)64(49)51-25-8-3-16-40(51)41-32-30-37(35-52(41)64)36-31-33-53-48(34-36)58-45(20-12-26-54(58)68-53)61-65-62(46-21-13-29-57-59(46)44-18-5-10-28-56(44)69-57)67-63(66-61)47-22-11-19-43-42-17-4-9-27-55(42)70-60(43)47/h1-35H. The average Bonchev–Trinajstić information content (AvgIpc) is 4.23. The molecule has 0 aliphatic heterocycles. The van der Waals surface area contributed by atoms with E-state index in [-0.39, 0.29) is 0 Å². The van der Waals surface area contributed by atoms with Crippen molar-refractivity contribution >= 4 is 85.0 Å². The topological polar surface area (TPSA) is 51.8 Å². The zero-order valence-corrected chi connectivity index (χ0v) is 38.9. The zero-order valence-electron chi connectivity index (χ0n) is 37.3. The maximum atomic E-state index is 6.72. The highest BCUT2D eigenvalue weighted by molar-refractivity contribution is 7.26. The minimum atomic E-state index is -0.428. The fraction of sp³-hybridized carbons (Fsp3) is 0.0156. The molecule has 0 fully saturated rings. The number of rotatable bonds is 4. The van der Waals surface area contributed by atoms with E-state index < -0.39 is 5.41 Å². The number of furan rings is 1. The van der Waals surface area contributed by atoms with E-state index in [1.54, 1.807) is 22.7 Å². The first kappa shape index (κ1) is 38.4. The lowest BCUT2D eigenvalue weighted by molar-refractivity contribution is 0.669. The largest absolute Gasteiger partial charge is 0.456 e. The third kappa shape index (κ3) is 5.16. The average molecular weight is 926 g/mol. The lowest BCUT2D eigenvalue weighted by atomic mass is 9.70. The molecule has 4 aromatic heterocycles. The SMILES string of the molecule is c1ccc2c(c1)-c1ccccc1C21c2ccccc2-c2ccc(-c3ccc4oc5cccc(-c6nc(-c7cccc8c7sc7ccccc78)nc(-c7cccc8sc9ccccc9c78)n6)c5c4c3)cc21. The molecule has 0 atom stereocenters. The minimum absolute atomic E-state index is 0.428. The quantitative estimate of drug-likeness (QED) is 0.176. The summed E-state index contributed by atoms with van der Waals surface area (Å²) in [5.41, 5.74) is 16.8. The Labute approximate surface area is 409 Å². The lowest BCUT2D eigenvalue weighted by Crippen LogP contribution is -2.25. The molecule has 0 radical (unpaired) electrons. The Balaban J connectivity index is 0.918. The minimum Gasteiger partial charge on any atom is -0.456 e. The first-order valence-electron chi connectivity index (χ1n) is 23.7. The number of hydrogen-bond donors (Lipinski definition) is 0. The van der Waals surface area contributed by atoms with Crippen LogP contribution in [0.2, 0.25) is 0 Å². The van der Waals surface area contributed by atoms with Gasteiger partial charge in [-0.1, -0.05) is 164 Å². The molecule has 2 aliphatic rings. The van der Waals surface area contributed by atoms with Gasteiger partial charge in [0.2, 0.25) is 0 Å². The molecule has 0 amide bonds. The van der Waals surface area contributed by atoms with Crippen molar-refractivity contribution in [2.45, 2.75) is 5.41 Å². The second-order valence-electron chi connectivity index (χ2n) is 18.5. The summed E-state index contributed by atoms with van der Waals surface area (Å²) in [7, 11) is 0. The van der Waals surface area contributed by atoms with Gasteiger partial charge in [0.25, 0.3) is 0 Å². The highest BCUT2D eigenvalue weighted by Gasteiger charge is 2.51.